The third kappa shape index (κ3) is 13.6. The quantitative estimate of drug-likeness (QED) is 0.336. The Morgan fingerprint density at radius 3 is 1.92 bits per heavy atom. The van der Waals surface area contributed by atoms with Crippen molar-refractivity contribution < 1.29 is 24.8 Å². The molecule has 3 rings (SSSR count). The molecule has 1 aliphatic carbocycles. The Hall–Kier alpha value is -3.02. The van der Waals surface area contributed by atoms with E-state index in [0.29, 0.717) is 5.75 Å². The largest absolute Gasteiger partial charge is 0.508 e. The lowest BCUT2D eigenvalue weighted by Crippen LogP contribution is -2.20. The van der Waals surface area contributed by atoms with Crippen LogP contribution in [0.5, 0.6) is 17.2 Å². The van der Waals surface area contributed by atoms with Gasteiger partial charge in [-0.25, -0.2) is 0 Å². The third-order valence-corrected chi connectivity index (χ3v) is 5.94. The van der Waals surface area contributed by atoms with Gasteiger partial charge in [0.15, 0.2) is 11.5 Å². The summed E-state index contributed by atoms with van der Waals surface area (Å²) >= 11 is 0. The number of phenolic OH excluding ortho intramolecular Hbond substituents is 3. The van der Waals surface area contributed by atoms with E-state index in [1.165, 1.54) is 28.3 Å². The molecule has 0 atom stereocenters. The summed E-state index contributed by atoms with van der Waals surface area (Å²) in [5.74, 6) is 0.0964. The minimum atomic E-state index is -0.187. The van der Waals surface area contributed by atoms with E-state index < -0.39 is 0 Å². The molecule has 0 radical (unpaired) electrons. The maximum atomic E-state index is 9.94. The van der Waals surface area contributed by atoms with E-state index in [1.54, 1.807) is 46.6 Å². The second-order valence-electron chi connectivity index (χ2n) is 9.31. The summed E-state index contributed by atoms with van der Waals surface area (Å²) in [4.78, 5) is 0. The minimum absolute atomic E-state index is 0.0988. The zero-order chi connectivity index (χ0) is 30.6. The highest BCUT2D eigenvalue weighted by atomic mass is 16.5. The van der Waals surface area contributed by atoms with Gasteiger partial charge < -0.3 is 24.8 Å². The van der Waals surface area contributed by atoms with Crippen molar-refractivity contribution >= 4 is 6.08 Å². The normalized spacial score (nSPS) is 13.7. The Kier molecular flexibility index (Phi) is 20.4. The van der Waals surface area contributed by atoms with Crippen LogP contribution in [0.4, 0.5) is 0 Å². The van der Waals surface area contributed by atoms with Crippen LogP contribution >= 0.6 is 0 Å². The second-order valence-corrected chi connectivity index (χ2v) is 9.31. The van der Waals surface area contributed by atoms with Crippen LogP contribution in [-0.2, 0) is 14.9 Å². The first-order valence-corrected chi connectivity index (χ1v) is 13.7. The highest BCUT2D eigenvalue weighted by molar-refractivity contribution is 5.61. The molecule has 3 N–H and O–H groups in total. The summed E-state index contributed by atoms with van der Waals surface area (Å²) in [6.45, 7) is 16.6. The molecule has 0 heterocycles. The first kappa shape index (κ1) is 38.1. The minimum Gasteiger partial charge on any atom is -0.508 e. The predicted molar refractivity (Wildman–Crippen MR) is 168 cm³/mol. The molecule has 2 aromatic rings. The number of hydrogen-bond acceptors (Lipinski definition) is 5. The summed E-state index contributed by atoms with van der Waals surface area (Å²) in [5, 5.41) is 29.2. The number of benzene rings is 2. The van der Waals surface area contributed by atoms with Crippen molar-refractivity contribution in [2.45, 2.75) is 80.1 Å². The first-order valence-electron chi connectivity index (χ1n) is 13.7. The highest BCUT2D eigenvalue weighted by Crippen LogP contribution is 2.37. The van der Waals surface area contributed by atoms with E-state index in [-0.39, 0.29) is 16.9 Å². The smallest absolute Gasteiger partial charge is 0.157 e. The van der Waals surface area contributed by atoms with E-state index in [9.17, 15) is 15.3 Å². The SMILES string of the molecule is C/C(=C/C1=CC(=C/c2ccc(O)c(O)c2)/CCC1)C(C)(C)c1cc(O)ccc1C.CC.CC.COC.COC. The van der Waals surface area contributed by atoms with Gasteiger partial charge in [-0.2, -0.15) is 0 Å². The average Bonchev–Trinajstić information content (AvgIpc) is 2.91. The van der Waals surface area contributed by atoms with Crippen LogP contribution in [0.15, 0.2) is 65.3 Å². The standard InChI is InChI=1S/C26H30O3.2C2H6O.2C2H6/c1-17-8-10-22(27)16-23(17)26(3,4)18(2)12-19-6-5-7-20(13-19)14-21-9-11-24(28)25(29)15-21;2*1-3-2;2*1-2/h8-16,27-29H,5-7H2,1-4H3;2*1-2H3;2*1-2H3/b18-12-,20-14+;;;;. The molecule has 0 fully saturated rings. The van der Waals surface area contributed by atoms with Crippen molar-refractivity contribution in [2.75, 3.05) is 28.4 Å². The topological polar surface area (TPSA) is 79.2 Å². The fraction of sp³-hybridized carbons (Fsp3) is 0.471. The van der Waals surface area contributed by atoms with Gasteiger partial charge in [0, 0.05) is 33.9 Å². The van der Waals surface area contributed by atoms with Gasteiger partial charge in [-0.15, -0.1) is 0 Å². The molecular formula is C34H54O5. The van der Waals surface area contributed by atoms with Gasteiger partial charge >= 0.3 is 0 Å². The first-order chi connectivity index (χ1) is 18.5. The van der Waals surface area contributed by atoms with Crippen LogP contribution in [0.3, 0.4) is 0 Å². The van der Waals surface area contributed by atoms with Crippen LogP contribution in [-0.4, -0.2) is 43.8 Å². The summed E-state index contributed by atoms with van der Waals surface area (Å²) in [6.07, 6.45) is 9.66. The monoisotopic (exact) mass is 542 g/mol. The van der Waals surface area contributed by atoms with Gasteiger partial charge in [0.05, 0.1) is 0 Å². The van der Waals surface area contributed by atoms with Gasteiger partial charge in [0.25, 0.3) is 0 Å². The number of hydrogen-bond donors (Lipinski definition) is 3. The number of aryl methyl sites for hydroxylation is 1. The van der Waals surface area contributed by atoms with Crippen LogP contribution in [0.2, 0.25) is 0 Å². The van der Waals surface area contributed by atoms with Gasteiger partial charge in [-0.3, -0.25) is 0 Å². The third-order valence-electron chi connectivity index (χ3n) is 5.94. The lowest BCUT2D eigenvalue weighted by atomic mass is 9.75. The van der Waals surface area contributed by atoms with E-state index in [0.717, 1.165) is 30.4 Å². The molecule has 0 saturated carbocycles. The van der Waals surface area contributed by atoms with Crippen molar-refractivity contribution in [1.29, 1.82) is 0 Å². The molecule has 0 spiro atoms. The molecule has 0 bridgehead atoms. The van der Waals surface area contributed by atoms with Gasteiger partial charge in [0.1, 0.15) is 5.75 Å². The van der Waals surface area contributed by atoms with Gasteiger partial charge in [0.2, 0.25) is 0 Å². The molecule has 0 aliphatic heterocycles. The highest BCUT2D eigenvalue weighted by Gasteiger charge is 2.25. The lowest BCUT2D eigenvalue weighted by molar-refractivity contribution is 0.277. The lowest BCUT2D eigenvalue weighted by Gasteiger charge is -2.29. The van der Waals surface area contributed by atoms with Crippen molar-refractivity contribution in [2.24, 2.45) is 0 Å². The predicted octanol–water partition coefficient (Wildman–Crippen LogP) is 9.11. The van der Waals surface area contributed by atoms with E-state index in [4.69, 9.17) is 0 Å². The Morgan fingerprint density at radius 1 is 0.821 bits per heavy atom. The fourth-order valence-corrected chi connectivity index (χ4v) is 3.91. The van der Waals surface area contributed by atoms with Crippen LogP contribution in [0, 0.1) is 6.92 Å². The van der Waals surface area contributed by atoms with E-state index >= 15 is 0 Å². The van der Waals surface area contributed by atoms with Crippen molar-refractivity contribution in [3.8, 4) is 17.2 Å². The summed E-state index contributed by atoms with van der Waals surface area (Å²) in [5.41, 5.74) is 6.75. The number of rotatable bonds is 4. The van der Waals surface area contributed by atoms with Crippen LogP contribution < -0.4 is 0 Å². The zero-order valence-corrected chi connectivity index (χ0v) is 26.5. The maximum absolute atomic E-state index is 9.94. The number of methoxy groups -OCH3 is 2. The Balaban J connectivity index is 0. The number of aromatic hydroxyl groups is 3. The second kappa shape index (κ2) is 20.9. The van der Waals surface area contributed by atoms with Crippen LogP contribution in [0.25, 0.3) is 6.08 Å². The molecule has 0 unspecified atom stereocenters. The Labute approximate surface area is 238 Å². The van der Waals surface area contributed by atoms with Gasteiger partial charge in [-0.1, -0.05) is 77.5 Å². The van der Waals surface area contributed by atoms with E-state index in [1.807, 2.05) is 39.8 Å². The molecule has 5 nitrogen and oxygen atoms in total. The zero-order valence-electron chi connectivity index (χ0n) is 26.5. The van der Waals surface area contributed by atoms with Crippen LogP contribution in [0.1, 0.15) is 84.4 Å². The fourth-order valence-electron chi connectivity index (χ4n) is 3.91. The van der Waals surface area contributed by atoms with Crippen molar-refractivity contribution in [3.05, 3.63) is 82.0 Å². The number of phenols is 3. The number of ether oxygens (including phenoxy) is 2. The molecule has 0 amide bonds. The van der Waals surface area contributed by atoms with Crippen molar-refractivity contribution in [3.63, 3.8) is 0 Å². The molecule has 5 heteroatoms. The van der Waals surface area contributed by atoms with Gasteiger partial charge in [-0.05, 0) is 85.2 Å². The molecule has 2 aromatic carbocycles. The maximum Gasteiger partial charge on any atom is 0.157 e. The number of allylic oxidation sites excluding steroid dienone is 5. The Bertz CT molecular complexity index is 1040. The average molecular weight is 543 g/mol. The summed E-state index contributed by atoms with van der Waals surface area (Å²) in [6, 6.07) is 10.5. The molecule has 0 aromatic heterocycles. The molecule has 39 heavy (non-hydrogen) atoms. The summed E-state index contributed by atoms with van der Waals surface area (Å²) < 4.78 is 8.50. The molecule has 220 valence electrons. The molecular weight excluding hydrogens is 488 g/mol. The molecule has 0 saturated heterocycles. The van der Waals surface area contributed by atoms with E-state index in [2.05, 4.69) is 55.4 Å². The molecule has 1 aliphatic rings. The Morgan fingerprint density at radius 2 is 1.38 bits per heavy atom. The van der Waals surface area contributed by atoms with Crippen molar-refractivity contribution in [1.82, 2.24) is 0 Å². The summed E-state index contributed by atoms with van der Waals surface area (Å²) in [7, 11) is 6.50.